The molecule has 1 aromatic rings. The van der Waals surface area contributed by atoms with Gasteiger partial charge in [0, 0.05) is 12.1 Å². The Hall–Kier alpha value is -3.55. The molecule has 0 bridgehead atoms. The molecule has 1 aromatic carbocycles. The first-order valence-electron chi connectivity index (χ1n) is 5.53. The minimum Gasteiger partial charge on any atom is -0.465 e. The Morgan fingerprint density at radius 3 is 2.14 bits per heavy atom. The highest BCUT2D eigenvalue weighted by molar-refractivity contribution is 6.00. The van der Waals surface area contributed by atoms with Crippen molar-refractivity contribution in [3.05, 3.63) is 37.9 Å². The van der Waals surface area contributed by atoms with Gasteiger partial charge < -0.3 is 10.1 Å². The van der Waals surface area contributed by atoms with Gasteiger partial charge in [0.2, 0.25) is 5.91 Å². The van der Waals surface area contributed by atoms with E-state index < -0.39 is 50.8 Å². The van der Waals surface area contributed by atoms with E-state index in [9.17, 15) is 29.8 Å². The fraction of sp³-hybridized carbons (Fsp3) is 0.182. The number of ether oxygens (including phenoxy) is 1. The van der Waals surface area contributed by atoms with Gasteiger partial charge in [-0.15, -0.1) is 0 Å². The average Bonchev–Trinajstić information content (AvgIpc) is 2.46. The molecule has 0 spiro atoms. The van der Waals surface area contributed by atoms with Gasteiger partial charge >= 0.3 is 17.3 Å². The van der Waals surface area contributed by atoms with Crippen molar-refractivity contribution in [1.82, 2.24) is 0 Å². The lowest BCUT2D eigenvalue weighted by Gasteiger charge is -2.07. The zero-order valence-electron chi connectivity index (χ0n) is 11.1. The summed E-state index contributed by atoms with van der Waals surface area (Å²) in [6.07, 6.45) is -0.646. The number of hydrogen-bond donors (Lipinski definition) is 1. The quantitative estimate of drug-likeness (QED) is 0.480. The number of benzene rings is 1. The van der Waals surface area contributed by atoms with Crippen molar-refractivity contribution >= 4 is 28.9 Å². The second-order valence-electron chi connectivity index (χ2n) is 3.78. The number of nitro benzene ring substituents is 2. The van der Waals surface area contributed by atoms with E-state index >= 15 is 0 Å². The van der Waals surface area contributed by atoms with E-state index in [1.165, 1.54) is 6.07 Å². The number of rotatable bonds is 5. The van der Waals surface area contributed by atoms with E-state index in [1.54, 1.807) is 0 Å². The maximum Gasteiger partial charge on any atom is 0.338 e. The normalized spacial score (nSPS) is 9.45. The Morgan fingerprint density at radius 2 is 1.77 bits per heavy atom. The number of amides is 1. The summed E-state index contributed by atoms with van der Waals surface area (Å²) >= 11 is 0. The second kappa shape index (κ2) is 6.75. The Balaban J connectivity index is 3.54. The Labute approximate surface area is 122 Å². The maximum atomic E-state index is 11.4. The molecule has 22 heavy (non-hydrogen) atoms. The van der Waals surface area contributed by atoms with E-state index in [0.717, 1.165) is 19.2 Å². The van der Waals surface area contributed by atoms with Crippen LogP contribution in [0.25, 0.3) is 0 Å². The van der Waals surface area contributed by atoms with Gasteiger partial charge in [-0.2, -0.15) is 5.26 Å². The van der Waals surface area contributed by atoms with E-state index in [2.05, 4.69) is 4.74 Å². The summed E-state index contributed by atoms with van der Waals surface area (Å²) in [7, 11) is 1.00. The summed E-state index contributed by atoms with van der Waals surface area (Å²) in [6, 6.07) is 2.97. The Morgan fingerprint density at radius 1 is 1.27 bits per heavy atom. The van der Waals surface area contributed by atoms with Gasteiger partial charge in [0.15, 0.2) is 5.69 Å². The molecular weight excluding hydrogens is 300 g/mol. The standard InChI is InChI=1S/C11H8N4O7/c1-22-11(17)6-4-7(14(18)19)10(8(5-6)15(20)21)13-9(16)2-3-12/h4-5H,2H2,1H3,(H,13,16). The minimum absolute atomic E-state index is 0.417. The van der Waals surface area contributed by atoms with E-state index in [-0.39, 0.29) is 0 Å². The van der Waals surface area contributed by atoms with Gasteiger partial charge in [-0.05, 0) is 0 Å². The van der Waals surface area contributed by atoms with Crippen LogP contribution >= 0.6 is 0 Å². The van der Waals surface area contributed by atoms with Gasteiger partial charge in [-0.1, -0.05) is 0 Å². The molecule has 0 aromatic heterocycles. The molecule has 0 saturated heterocycles. The molecule has 0 atom stereocenters. The summed E-state index contributed by atoms with van der Waals surface area (Å²) < 4.78 is 4.35. The SMILES string of the molecule is COC(=O)c1cc([N+](=O)[O-])c(NC(=O)CC#N)c([N+](=O)[O-])c1. The third kappa shape index (κ3) is 3.51. The van der Waals surface area contributed by atoms with Crippen LogP contribution < -0.4 is 5.32 Å². The predicted molar refractivity (Wildman–Crippen MR) is 70.0 cm³/mol. The molecule has 0 saturated carbocycles. The average molecular weight is 308 g/mol. The lowest BCUT2D eigenvalue weighted by atomic mass is 10.1. The highest BCUT2D eigenvalue weighted by Gasteiger charge is 2.30. The number of carbonyl (C=O) groups is 2. The minimum atomic E-state index is -1.01. The molecule has 1 amide bonds. The van der Waals surface area contributed by atoms with Crippen LogP contribution in [-0.4, -0.2) is 28.8 Å². The number of nitrogens with one attached hydrogen (secondary N) is 1. The van der Waals surface area contributed by atoms with Crippen molar-refractivity contribution in [3.8, 4) is 6.07 Å². The van der Waals surface area contributed by atoms with Gasteiger partial charge in [0.1, 0.15) is 6.42 Å². The summed E-state index contributed by atoms with van der Waals surface area (Å²) in [5.41, 5.74) is -2.84. The van der Waals surface area contributed by atoms with E-state index in [4.69, 9.17) is 5.26 Å². The monoisotopic (exact) mass is 308 g/mol. The van der Waals surface area contributed by atoms with Crippen LogP contribution in [-0.2, 0) is 9.53 Å². The molecule has 0 aliphatic rings. The second-order valence-corrected chi connectivity index (χ2v) is 3.78. The van der Waals surface area contributed by atoms with Crippen molar-refractivity contribution in [3.63, 3.8) is 0 Å². The molecule has 1 N–H and O–H groups in total. The summed E-state index contributed by atoms with van der Waals surface area (Å²) in [6.45, 7) is 0. The topological polar surface area (TPSA) is 165 Å². The maximum absolute atomic E-state index is 11.4. The van der Waals surface area contributed by atoms with Gasteiger partial charge in [0.05, 0.1) is 28.6 Å². The lowest BCUT2D eigenvalue weighted by molar-refractivity contribution is -0.392. The number of methoxy groups -OCH3 is 1. The van der Waals surface area contributed by atoms with Crippen LogP contribution in [0.15, 0.2) is 12.1 Å². The lowest BCUT2D eigenvalue weighted by Crippen LogP contribution is -2.14. The van der Waals surface area contributed by atoms with Crippen LogP contribution in [0, 0.1) is 31.6 Å². The predicted octanol–water partition coefficient (Wildman–Crippen LogP) is 1.14. The van der Waals surface area contributed by atoms with Gasteiger partial charge in [-0.25, -0.2) is 4.79 Å². The summed E-state index contributed by atoms with van der Waals surface area (Å²) in [4.78, 5) is 42.8. The molecule has 114 valence electrons. The fourth-order valence-corrected chi connectivity index (χ4v) is 1.52. The smallest absolute Gasteiger partial charge is 0.338 e. The van der Waals surface area contributed by atoms with Gasteiger partial charge in [0.25, 0.3) is 0 Å². The Kier molecular flexibility index (Phi) is 5.06. The van der Waals surface area contributed by atoms with Crippen molar-refractivity contribution in [2.24, 2.45) is 0 Å². The first-order valence-corrected chi connectivity index (χ1v) is 5.53. The van der Waals surface area contributed by atoms with Crippen LogP contribution in [0.5, 0.6) is 0 Å². The van der Waals surface area contributed by atoms with E-state index in [1.807, 2.05) is 5.32 Å². The number of anilines is 1. The number of nitro groups is 2. The molecule has 11 heteroatoms. The molecule has 1 rings (SSSR count). The highest BCUT2D eigenvalue weighted by Crippen LogP contribution is 2.36. The van der Waals surface area contributed by atoms with E-state index in [0.29, 0.717) is 0 Å². The number of esters is 1. The van der Waals surface area contributed by atoms with Crippen molar-refractivity contribution in [2.75, 3.05) is 12.4 Å². The molecular formula is C11H8N4O7. The Bertz CT molecular complexity index is 672. The van der Waals surface area contributed by atoms with Gasteiger partial charge in [-0.3, -0.25) is 25.0 Å². The zero-order valence-corrected chi connectivity index (χ0v) is 11.1. The van der Waals surface area contributed by atoms with Crippen molar-refractivity contribution in [2.45, 2.75) is 6.42 Å². The van der Waals surface area contributed by atoms with Crippen LogP contribution in [0.1, 0.15) is 16.8 Å². The molecule has 0 unspecified atom stereocenters. The number of nitrogens with zero attached hydrogens (tertiary/aromatic N) is 3. The largest absolute Gasteiger partial charge is 0.465 e. The summed E-state index contributed by atoms with van der Waals surface area (Å²) in [5, 5.41) is 32.3. The third-order valence-electron chi connectivity index (χ3n) is 2.42. The van der Waals surface area contributed by atoms with Crippen LogP contribution in [0.2, 0.25) is 0 Å². The third-order valence-corrected chi connectivity index (χ3v) is 2.42. The fourth-order valence-electron chi connectivity index (χ4n) is 1.52. The number of nitriles is 1. The van der Waals surface area contributed by atoms with Crippen LogP contribution in [0.4, 0.5) is 17.1 Å². The first kappa shape index (κ1) is 16.5. The molecule has 11 nitrogen and oxygen atoms in total. The number of hydrogen-bond acceptors (Lipinski definition) is 8. The van der Waals surface area contributed by atoms with Crippen LogP contribution in [0.3, 0.4) is 0 Å². The molecule has 0 aliphatic heterocycles. The first-order chi connectivity index (χ1) is 10.3. The highest BCUT2D eigenvalue weighted by atomic mass is 16.6. The molecule has 0 heterocycles. The zero-order chi connectivity index (χ0) is 16.9. The van der Waals surface area contributed by atoms with Crippen molar-refractivity contribution < 1.29 is 24.2 Å². The molecule has 0 radical (unpaired) electrons. The molecule has 0 aliphatic carbocycles. The summed E-state index contributed by atoms with van der Waals surface area (Å²) in [5.74, 6) is -1.97. The molecule has 0 fully saturated rings. The number of carbonyl (C=O) groups excluding carboxylic acids is 2. The van der Waals surface area contributed by atoms with Crippen molar-refractivity contribution in [1.29, 1.82) is 5.26 Å².